The van der Waals surface area contributed by atoms with Crippen molar-refractivity contribution in [1.82, 2.24) is 5.32 Å². The van der Waals surface area contributed by atoms with E-state index in [1.54, 1.807) is 0 Å². The summed E-state index contributed by atoms with van der Waals surface area (Å²) in [6.07, 6.45) is 1.55. The molecule has 116 valence electrons. The number of nitriles is 1. The zero-order chi connectivity index (χ0) is 15.7. The molecule has 0 heterocycles. The van der Waals surface area contributed by atoms with Crippen molar-refractivity contribution in [2.75, 3.05) is 12.4 Å². The average molecular weight is 306 g/mol. The highest BCUT2D eigenvalue weighted by Crippen LogP contribution is 2.28. The van der Waals surface area contributed by atoms with Gasteiger partial charge in [0.05, 0.1) is 6.07 Å². The fourth-order valence-electron chi connectivity index (χ4n) is 2.35. The zero-order valence-electron chi connectivity index (χ0n) is 13.2. The topological polar surface area (TPSA) is 56.0 Å². The van der Waals surface area contributed by atoms with Crippen LogP contribution in [0.5, 0.6) is 0 Å². The third-order valence-electron chi connectivity index (χ3n) is 3.41. The first kappa shape index (κ1) is 18.0. The number of benzene rings is 1. The Labute approximate surface area is 132 Å². The maximum atomic E-state index is 9.79. The number of hydrogen-bond acceptors (Lipinski definition) is 4. The minimum absolute atomic E-state index is 0.223. The van der Waals surface area contributed by atoms with E-state index in [0.29, 0.717) is 5.25 Å². The van der Waals surface area contributed by atoms with Crippen molar-refractivity contribution in [2.45, 2.75) is 50.4 Å². The fourth-order valence-corrected chi connectivity index (χ4v) is 3.44. The summed E-state index contributed by atoms with van der Waals surface area (Å²) in [7, 11) is 0. The summed E-state index contributed by atoms with van der Waals surface area (Å²) in [6.45, 7) is 6.47. The third-order valence-corrected chi connectivity index (χ3v) is 4.65. The zero-order valence-corrected chi connectivity index (χ0v) is 14.0. The maximum Gasteiger partial charge on any atom is 0.133 e. The minimum atomic E-state index is -0.638. The van der Waals surface area contributed by atoms with Gasteiger partial charge < -0.3 is 5.11 Å². The van der Waals surface area contributed by atoms with E-state index in [2.05, 4.69) is 32.2 Å². The molecule has 0 aliphatic heterocycles. The quantitative estimate of drug-likeness (QED) is 0.735. The Morgan fingerprint density at radius 2 is 1.95 bits per heavy atom. The van der Waals surface area contributed by atoms with Gasteiger partial charge in [0.15, 0.2) is 0 Å². The first-order chi connectivity index (χ1) is 10.0. The molecule has 0 radical (unpaired) electrons. The van der Waals surface area contributed by atoms with Crippen LogP contribution in [0.3, 0.4) is 0 Å². The summed E-state index contributed by atoms with van der Waals surface area (Å²) < 4.78 is 0. The fraction of sp³-hybridized carbons (Fsp3) is 0.588. The molecule has 0 saturated carbocycles. The molecule has 0 saturated heterocycles. The third kappa shape index (κ3) is 5.70. The monoisotopic (exact) mass is 306 g/mol. The Morgan fingerprint density at radius 3 is 2.48 bits per heavy atom. The van der Waals surface area contributed by atoms with Gasteiger partial charge in [-0.1, -0.05) is 37.3 Å². The van der Waals surface area contributed by atoms with Gasteiger partial charge in [-0.25, -0.2) is 0 Å². The molecule has 0 fully saturated rings. The molecule has 1 rings (SSSR count). The molecule has 0 spiro atoms. The van der Waals surface area contributed by atoms with Crippen molar-refractivity contribution in [3.8, 4) is 6.07 Å². The van der Waals surface area contributed by atoms with Crippen LogP contribution in [0, 0.1) is 11.3 Å². The molecule has 0 amide bonds. The molecular formula is C17H26N2OS. The van der Waals surface area contributed by atoms with Gasteiger partial charge in [-0.15, -0.1) is 0 Å². The van der Waals surface area contributed by atoms with E-state index >= 15 is 0 Å². The molecule has 1 aromatic carbocycles. The van der Waals surface area contributed by atoms with Gasteiger partial charge in [0.2, 0.25) is 0 Å². The number of aliphatic hydroxyl groups excluding tert-OH is 1. The first-order valence-electron chi connectivity index (χ1n) is 7.51. The Hall–Kier alpha value is -1.02. The van der Waals surface area contributed by atoms with E-state index in [-0.39, 0.29) is 12.6 Å². The van der Waals surface area contributed by atoms with Gasteiger partial charge >= 0.3 is 0 Å². The number of rotatable bonds is 9. The molecule has 0 aliphatic carbocycles. The summed E-state index contributed by atoms with van der Waals surface area (Å²) >= 11 is 1.81. The van der Waals surface area contributed by atoms with Crippen molar-refractivity contribution < 1.29 is 5.11 Å². The van der Waals surface area contributed by atoms with Crippen molar-refractivity contribution in [2.24, 2.45) is 0 Å². The largest absolute Gasteiger partial charge is 0.396 e. The van der Waals surface area contributed by atoms with E-state index in [0.717, 1.165) is 24.2 Å². The molecule has 0 aromatic heterocycles. The predicted molar refractivity (Wildman–Crippen MR) is 90.2 cm³/mol. The second-order valence-electron chi connectivity index (χ2n) is 5.63. The first-order valence-corrected chi connectivity index (χ1v) is 8.56. The number of nitrogens with zero attached hydrogens (tertiary/aromatic N) is 1. The molecule has 2 unspecified atom stereocenters. The molecule has 4 heteroatoms. The van der Waals surface area contributed by atoms with E-state index in [1.807, 2.05) is 42.1 Å². The Morgan fingerprint density at radius 1 is 1.29 bits per heavy atom. The van der Waals surface area contributed by atoms with E-state index in [4.69, 9.17) is 5.11 Å². The van der Waals surface area contributed by atoms with Crippen molar-refractivity contribution >= 4 is 11.8 Å². The average Bonchev–Trinajstić information content (AvgIpc) is 2.47. The van der Waals surface area contributed by atoms with Crippen molar-refractivity contribution in [1.29, 1.82) is 5.26 Å². The van der Waals surface area contributed by atoms with Crippen molar-refractivity contribution in [3.63, 3.8) is 0 Å². The maximum absolute atomic E-state index is 9.79. The van der Waals surface area contributed by atoms with Gasteiger partial charge in [-0.05, 0) is 38.0 Å². The van der Waals surface area contributed by atoms with Gasteiger partial charge in [0.25, 0.3) is 0 Å². The summed E-state index contributed by atoms with van der Waals surface area (Å²) in [6, 6.07) is 12.7. The Bertz CT molecular complexity index is 444. The molecule has 3 nitrogen and oxygen atoms in total. The second-order valence-corrected chi connectivity index (χ2v) is 7.17. The van der Waals surface area contributed by atoms with Crippen LogP contribution in [0.25, 0.3) is 0 Å². The predicted octanol–water partition coefficient (Wildman–Crippen LogP) is 3.30. The summed E-state index contributed by atoms with van der Waals surface area (Å²) in [5.74, 6) is 0.892. The molecule has 21 heavy (non-hydrogen) atoms. The van der Waals surface area contributed by atoms with Gasteiger partial charge in [0, 0.05) is 17.9 Å². The lowest BCUT2D eigenvalue weighted by molar-refractivity contribution is 0.289. The van der Waals surface area contributed by atoms with E-state index in [9.17, 15) is 5.26 Å². The second kappa shape index (κ2) is 9.09. The Balaban J connectivity index is 2.80. The summed E-state index contributed by atoms with van der Waals surface area (Å²) in [5, 5.41) is 22.6. The van der Waals surface area contributed by atoms with E-state index < -0.39 is 5.54 Å². The number of aliphatic hydroxyl groups is 1. The van der Waals surface area contributed by atoms with Crippen LogP contribution in [0.4, 0.5) is 0 Å². The minimum Gasteiger partial charge on any atom is -0.396 e. The van der Waals surface area contributed by atoms with Crippen molar-refractivity contribution in [3.05, 3.63) is 35.9 Å². The number of nitrogens with one attached hydrogen (secondary N) is 1. The highest BCUT2D eigenvalue weighted by molar-refractivity contribution is 7.99. The lowest BCUT2D eigenvalue weighted by Crippen LogP contribution is -2.45. The van der Waals surface area contributed by atoms with Crippen LogP contribution in [0.15, 0.2) is 30.3 Å². The number of thioether (sulfide) groups is 1. The van der Waals surface area contributed by atoms with Gasteiger partial charge in [0.1, 0.15) is 5.54 Å². The van der Waals surface area contributed by atoms with Gasteiger partial charge in [-0.2, -0.15) is 17.0 Å². The summed E-state index contributed by atoms with van der Waals surface area (Å²) in [5.41, 5.74) is 0.387. The van der Waals surface area contributed by atoms with Gasteiger partial charge in [-0.3, -0.25) is 5.32 Å². The van der Waals surface area contributed by atoms with Crippen LogP contribution in [-0.4, -0.2) is 28.8 Å². The SMILES string of the molecule is CC(C)NC(C#N)(CCSC(C)CCO)c1ccccc1. The molecule has 0 aliphatic rings. The lowest BCUT2D eigenvalue weighted by Gasteiger charge is -2.31. The van der Waals surface area contributed by atoms with Crippen LogP contribution < -0.4 is 5.32 Å². The molecule has 0 bridgehead atoms. The van der Waals surface area contributed by atoms with Crippen LogP contribution in [0.1, 0.15) is 39.2 Å². The number of hydrogen-bond donors (Lipinski definition) is 2. The van der Waals surface area contributed by atoms with E-state index in [1.165, 1.54) is 0 Å². The van der Waals surface area contributed by atoms with Crippen LogP contribution in [0.2, 0.25) is 0 Å². The van der Waals surface area contributed by atoms with Crippen LogP contribution >= 0.6 is 11.8 Å². The molecule has 2 atom stereocenters. The normalized spacial score (nSPS) is 15.4. The molecule has 2 N–H and O–H groups in total. The highest BCUT2D eigenvalue weighted by Gasteiger charge is 2.32. The lowest BCUT2D eigenvalue weighted by atomic mass is 9.88. The molecule has 1 aromatic rings. The Kier molecular flexibility index (Phi) is 7.81. The standard InChI is InChI=1S/C17H26N2OS/c1-14(2)19-17(13-18,16-7-5-4-6-8-16)10-12-21-15(3)9-11-20/h4-8,14-15,19-20H,9-12H2,1-3H3. The molecular weight excluding hydrogens is 280 g/mol. The van der Waals surface area contributed by atoms with Crippen LogP contribution in [-0.2, 0) is 5.54 Å². The smallest absolute Gasteiger partial charge is 0.133 e. The summed E-state index contributed by atoms with van der Waals surface area (Å²) in [4.78, 5) is 0. The highest BCUT2D eigenvalue weighted by atomic mass is 32.2.